The van der Waals surface area contributed by atoms with Crippen LogP contribution in [0.3, 0.4) is 0 Å². The SMILES string of the molecule is COc1ccc(-c2cn(CC(=O)N[C@@H](CC(=O)O)c3cccc(-c4ccccc4C)c3)c(=O)cn2)cc1-c1ccc(C)c(-c2cncc([C@H](CC(=O)O)NC(=O)[C@@H](CC(C)C)n3ccc(C)cc3=O)c2)c1C. The number of hydrogen-bond acceptors (Lipinski definition) is 9. The zero-order valence-electron chi connectivity index (χ0n) is 41.3. The lowest BCUT2D eigenvalue weighted by atomic mass is 9.88. The average molecular weight is 971 g/mol. The Morgan fingerprint density at radius 2 is 1.40 bits per heavy atom. The molecule has 3 aromatic heterocycles. The first-order valence-electron chi connectivity index (χ1n) is 23.6. The number of aromatic nitrogens is 4. The van der Waals surface area contributed by atoms with Crippen LogP contribution in [0.4, 0.5) is 0 Å². The first-order chi connectivity index (χ1) is 34.4. The van der Waals surface area contributed by atoms with Gasteiger partial charge in [0, 0.05) is 47.5 Å². The number of hydrogen-bond donors (Lipinski definition) is 4. The second kappa shape index (κ2) is 22.5. The Balaban J connectivity index is 1.17. The molecule has 0 bridgehead atoms. The van der Waals surface area contributed by atoms with E-state index in [-0.39, 0.29) is 17.9 Å². The number of nitrogens with zero attached hydrogens (tertiary/aromatic N) is 4. The van der Waals surface area contributed by atoms with Gasteiger partial charge in [-0.25, -0.2) is 4.98 Å². The monoisotopic (exact) mass is 970 g/mol. The lowest BCUT2D eigenvalue weighted by Crippen LogP contribution is -2.40. The summed E-state index contributed by atoms with van der Waals surface area (Å²) in [4.78, 5) is 87.2. The fourth-order valence-electron chi connectivity index (χ4n) is 9.14. The summed E-state index contributed by atoms with van der Waals surface area (Å²) < 4.78 is 8.48. The Labute approximate surface area is 417 Å². The molecule has 0 saturated heterocycles. The van der Waals surface area contributed by atoms with Gasteiger partial charge in [-0.3, -0.25) is 33.8 Å². The van der Waals surface area contributed by atoms with Crippen molar-refractivity contribution in [2.24, 2.45) is 5.92 Å². The summed E-state index contributed by atoms with van der Waals surface area (Å²) in [5.41, 5.74) is 9.58. The highest BCUT2D eigenvalue weighted by molar-refractivity contribution is 5.86. The molecule has 3 atom stereocenters. The Bertz CT molecular complexity index is 3300. The van der Waals surface area contributed by atoms with E-state index in [4.69, 9.17) is 4.74 Å². The van der Waals surface area contributed by atoms with Crippen molar-refractivity contribution in [2.45, 2.75) is 85.5 Å². The van der Waals surface area contributed by atoms with Crippen molar-refractivity contribution in [3.05, 3.63) is 182 Å². The molecule has 4 N–H and O–H groups in total. The average Bonchev–Trinajstić information content (AvgIpc) is 3.33. The van der Waals surface area contributed by atoms with Crippen molar-refractivity contribution in [3.63, 3.8) is 0 Å². The number of carbonyl (C=O) groups excluding carboxylic acids is 2. The molecule has 7 aromatic rings. The highest BCUT2D eigenvalue weighted by Gasteiger charge is 2.28. The standard InChI is InChI=1S/C57H58N6O9/c1-33(2)21-49(63-20-19-34(3)22-52(63)65)57(71)61-47(27-55(69)70)41-24-42(29-58-28-41)56-36(5)15-17-44(37(56)6)45-25-40(16-18-50(45)72-7)48-31-62(53(66)30-59-48)32-51(64)60-46(26-54(67)68)39-13-10-12-38(23-39)43-14-9-8-11-35(43)4/h8-20,22-25,28-31,33,46-47,49H,21,26-27,32H2,1-7H3,(H,60,64)(H,61,71)(H,67,68)(H,69,70)/t46-,47-,49+/m0/s1. The van der Waals surface area contributed by atoms with E-state index < -0.39 is 60.4 Å². The lowest BCUT2D eigenvalue weighted by molar-refractivity contribution is -0.139. The van der Waals surface area contributed by atoms with Crippen LogP contribution in [0.25, 0.3) is 44.6 Å². The topological polar surface area (TPSA) is 212 Å². The summed E-state index contributed by atoms with van der Waals surface area (Å²) in [5, 5.41) is 25.6. The quantitative estimate of drug-likeness (QED) is 0.0601. The number of methoxy groups -OCH3 is 1. The molecule has 0 radical (unpaired) electrons. The van der Waals surface area contributed by atoms with Crippen molar-refractivity contribution in [1.29, 1.82) is 0 Å². The van der Waals surface area contributed by atoms with E-state index in [9.17, 15) is 39.0 Å². The molecule has 0 fully saturated rings. The number of carboxylic acids is 2. The van der Waals surface area contributed by atoms with E-state index in [0.717, 1.165) is 50.7 Å². The fourth-order valence-corrected chi connectivity index (χ4v) is 9.14. The van der Waals surface area contributed by atoms with Crippen LogP contribution < -0.4 is 26.5 Å². The van der Waals surface area contributed by atoms with Gasteiger partial charge in [-0.05, 0) is 132 Å². The molecule has 0 aliphatic carbocycles. The largest absolute Gasteiger partial charge is 0.496 e. The van der Waals surface area contributed by atoms with Gasteiger partial charge in [0.2, 0.25) is 11.8 Å². The van der Waals surface area contributed by atoms with E-state index in [1.54, 1.807) is 50.7 Å². The zero-order valence-corrected chi connectivity index (χ0v) is 41.3. The van der Waals surface area contributed by atoms with Gasteiger partial charge in [0.15, 0.2) is 0 Å². The molecule has 7 rings (SSSR count). The number of aryl methyl sites for hydroxylation is 3. The summed E-state index contributed by atoms with van der Waals surface area (Å²) in [6.07, 6.45) is 6.96. The maximum Gasteiger partial charge on any atom is 0.305 e. The van der Waals surface area contributed by atoms with E-state index in [0.29, 0.717) is 45.7 Å². The number of carboxylic acid groups (broad SMARTS) is 2. The van der Waals surface area contributed by atoms with Crippen molar-refractivity contribution < 1.29 is 34.1 Å². The number of ether oxygens (including phenoxy) is 1. The third-order valence-corrected chi connectivity index (χ3v) is 12.7. The molecule has 4 aromatic carbocycles. The molecule has 15 nitrogen and oxygen atoms in total. The van der Waals surface area contributed by atoms with Gasteiger partial charge < -0.3 is 34.7 Å². The lowest BCUT2D eigenvalue weighted by Gasteiger charge is -2.25. The minimum absolute atomic E-state index is 0.0468. The van der Waals surface area contributed by atoms with Crippen LogP contribution in [-0.4, -0.2) is 60.2 Å². The molecule has 15 heteroatoms. The predicted octanol–water partition coefficient (Wildman–Crippen LogP) is 8.96. The summed E-state index contributed by atoms with van der Waals surface area (Å²) >= 11 is 0. The van der Waals surface area contributed by atoms with Gasteiger partial charge in [0.25, 0.3) is 11.1 Å². The van der Waals surface area contributed by atoms with Crippen molar-refractivity contribution >= 4 is 23.8 Å². The normalized spacial score (nSPS) is 12.4. The van der Waals surface area contributed by atoms with Gasteiger partial charge in [-0.15, -0.1) is 0 Å². The molecule has 0 unspecified atom stereocenters. The number of aliphatic carboxylic acids is 2. The summed E-state index contributed by atoms with van der Waals surface area (Å²) in [5.74, 6) is -2.69. The first kappa shape index (κ1) is 51.4. The molecule has 0 aliphatic heterocycles. The highest BCUT2D eigenvalue weighted by Crippen LogP contribution is 2.40. The third-order valence-electron chi connectivity index (χ3n) is 12.7. The van der Waals surface area contributed by atoms with Gasteiger partial charge in [-0.1, -0.05) is 68.4 Å². The van der Waals surface area contributed by atoms with E-state index in [1.165, 1.54) is 27.6 Å². The van der Waals surface area contributed by atoms with E-state index in [2.05, 4.69) is 20.6 Å². The maximum absolute atomic E-state index is 14.0. The van der Waals surface area contributed by atoms with Crippen molar-refractivity contribution in [3.8, 4) is 50.4 Å². The number of amides is 2. The van der Waals surface area contributed by atoms with E-state index in [1.807, 2.05) is 101 Å². The van der Waals surface area contributed by atoms with Crippen molar-refractivity contribution in [1.82, 2.24) is 29.7 Å². The molecule has 0 spiro atoms. The number of nitrogens with one attached hydrogen (secondary N) is 2. The smallest absolute Gasteiger partial charge is 0.305 e. The Kier molecular flexibility index (Phi) is 16.1. The molecule has 2 amide bonds. The Morgan fingerprint density at radius 1 is 0.681 bits per heavy atom. The van der Waals surface area contributed by atoms with Gasteiger partial charge in [-0.2, -0.15) is 0 Å². The Morgan fingerprint density at radius 3 is 2.10 bits per heavy atom. The summed E-state index contributed by atoms with van der Waals surface area (Å²) in [7, 11) is 1.56. The number of carbonyl (C=O) groups is 4. The van der Waals surface area contributed by atoms with Crippen LogP contribution in [0.2, 0.25) is 0 Å². The van der Waals surface area contributed by atoms with E-state index >= 15 is 0 Å². The van der Waals surface area contributed by atoms with Crippen LogP contribution in [0.1, 0.15) is 84.6 Å². The van der Waals surface area contributed by atoms with Crippen LogP contribution in [-0.2, 0) is 25.7 Å². The molecular weight excluding hydrogens is 913 g/mol. The van der Waals surface area contributed by atoms with Gasteiger partial charge in [0.05, 0.1) is 43.9 Å². The molecule has 370 valence electrons. The minimum Gasteiger partial charge on any atom is -0.496 e. The Hall–Kier alpha value is -8.46. The number of rotatable bonds is 19. The summed E-state index contributed by atoms with van der Waals surface area (Å²) in [6, 6.07) is 26.9. The van der Waals surface area contributed by atoms with Crippen LogP contribution >= 0.6 is 0 Å². The first-order valence-corrected chi connectivity index (χ1v) is 23.6. The molecule has 0 aliphatic rings. The van der Waals surface area contributed by atoms with Crippen LogP contribution in [0, 0.1) is 33.6 Å². The van der Waals surface area contributed by atoms with Gasteiger partial charge in [0.1, 0.15) is 18.3 Å². The second-order valence-corrected chi connectivity index (χ2v) is 18.5. The molecule has 0 saturated carbocycles. The van der Waals surface area contributed by atoms with Crippen LogP contribution in [0.15, 0.2) is 138 Å². The molecular formula is C57H58N6O9. The second-order valence-electron chi connectivity index (χ2n) is 18.5. The third kappa shape index (κ3) is 12.1. The number of pyridine rings is 2. The van der Waals surface area contributed by atoms with Gasteiger partial charge >= 0.3 is 11.9 Å². The maximum atomic E-state index is 14.0. The predicted molar refractivity (Wildman–Crippen MR) is 275 cm³/mol. The fraction of sp³-hybridized carbons (Fsp3) is 0.263. The summed E-state index contributed by atoms with van der Waals surface area (Å²) in [6.45, 7) is 11.2. The highest BCUT2D eigenvalue weighted by atomic mass is 16.5. The minimum atomic E-state index is -1.13. The van der Waals surface area contributed by atoms with Crippen molar-refractivity contribution in [2.75, 3.05) is 7.11 Å². The zero-order chi connectivity index (χ0) is 51.8. The molecule has 72 heavy (non-hydrogen) atoms. The molecule has 3 heterocycles. The number of benzene rings is 4. The van der Waals surface area contributed by atoms with Crippen LogP contribution in [0.5, 0.6) is 5.75 Å².